The van der Waals surface area contributed by atoms with Crippen molar-refractivity contribution in [1.29, 1.82) is 0 Å². The van der Waals surface area contributed by atoms with Crippen molar-refractivity contribution in [2.24, 2.45) is 5.92 Å². The zero-order valence-electron chi connectivity index (χ0n) is 13.9. The lowest BCUT2D eigenvalue weighted by atomic mass is 9.89. The number of aryl methyl sites for hydroxylation is 1. The molecule has 23 heavy (non-hydrogen) atoms. The van der Waals surface area contributed by atoms with E-state index in [4.69, 9.17) is 0 Å². The van der Waals surface area contributed by atoms with Gasteiger partial charge in [-0.2, -0.15) is 0 Å². The summed E-state index contributed by atoms with van der Waals surface area (Å²) in [4.78, 5) is 25.6. The number of nitrogens with zero attached hydrogens (tertiary/aromatic N) is 1. The molecule has 2 N–H and O–H groups in total. The molecule has 1 aromatic rings. The van der Waals surface area contributed by atoms with Gasteiger partial charge in [-0.05, 0) is 31.7 Å². The van der Waals surface area contributed by atoms with Crippen LogP contribution in [0.25, 0.3) is 0 Å². The van der Waals surface area contributed by atoms with Gasteiger partial charge in [0.15, 0.2) is 0 Å². The molecule has 2 amide bonds. The van der Waals surface area contributed by atoms with Gasteiger partial charge in [-0.15, -0.1) is 0 Å². The van der Waals surface area contributed by atoms with Crippen LogP contribution in [0.1, 0.15) is 49.8 Å². The summed E-state index contributed by atoms with van der Waals surface area (Å²) in [6.07, 6.45) is 3.23. The predicted octanol–water partition coefficient (Wildman–Crippen LogP) is 3.34. The number of amides is 2. The number of carbonyl (C=O) groups excluding carboxylic acids is 1. The van der Waals surface area contributed by atoms with Gasteiger partial charge in [0.05, 0.1) is 12.0 Å². The number of aliphatic carboxylic acids is 1. The van der Waals surface area contributed by atoms with Crippen molar-refractivity contribution in [3.63, 3.8) is 0 Å². The summed E-state index contributed by atoms with van der Waals surface area (Å²) < 4.78 is 0. The molecular weight excluding hydrogens is 292 g/mol. The Morgan fingerprint density at radius 2 is 2.13 bits per heavy atom. The molecule has 1 aromatic carbocycles. The van der Waals surface area contributed by atoms with Gasteiger partial charge in [0, 0.05) is 13.1 Å². The molecule has 1 heterocycles. The van der Waals surface area contributed by atoms with Crippen LogP contribution in [-0.4, -0.2) is 35.1 Å². The lowest BCUT2D eigenvalue weighted by molar-refractivity contribution is -0.143. The van der Waals surface area contributed by atoms with E-state index in [0.29, 0.717) is 19.4 Å². The van der Waals surface area contributed by atoms with E-state index in [1.165, 1.54) is 0 Å². The number of rotatable bonds is 5. The van der Waals surface area contributed by atoms with Crippen LogP contribution in [0.3, 0.4) is 0 Å². The van der Waals surface area contributed by atoms with Gasteiger partial charge in [0.2, 0.25) is 0 Å². The normalized spacial score (nSPS) is 21.0. The number of urea groups is 1. The van der Waals surface area contributed by atoms with Crippen LogP contribution >= 0.6 is 0 Å². The largest absolute Gasteiger partial charge is 0.481 e. The summed E-state index contributed by atoms with van der Waals surface area (Å²) in [5.41, 5.74) is 2.23. The molecule has 0 radical (unpaired) electrons. The fraction of sp³-hybridized carbons (Fsp3) is 0.556. The topological polar surface area (TPSA) is 69.6 Å². The van der Waals surface area contributed by atoms with Gasteiger partial charge in [-0.25, -0.2) is 4.79 Å². The highest BCUT2D eigenvalue weighted by Crippen LogP contribution is 2.33. The Hall–Kier alpha value is -2.04. The van der Waals surface area contributed by atoms with Crippen molar-refractivity contribution < 1.29 is 14.7 Å². The minimum Gasteiger partial charge on any atom is -0.481 e. The summed E-state index contributed by atoms with van der Waals surface area (Å²) in [5.74, 6) is -1.30. The third kappa shape index (κ3) is 4.47. The molecule has 0 spiro atoms. The van der Waals surface area contributed by atoms with Crippen molar-refractivity contribution >= 4 is 12.0 Å². The minimum absolute atomic E-state index is 0.0490. The van der Waals surface area contributed by atoms with Crippen LogP contribution in [-0.2, 0) is 4.79 Å². The Kier molecular flexibility index (Phi) is 6.02. The van der Waals surface area contributed by atoms with E-state index in [2.05, 4.69) is 18.3 Å². The standard InChI is InChI=1S/C18H26N2O3/c1-3-4-10-19-18(23)20-12-15(17(21)22)8-9-16(20)14-7-5-6-13(2)11-14/h5-7,11,15-16H,3-4,8-10,12H2,1-2H3,(H,19,23)(H,21,22). The zero-order valence-corrected chi connectivity index (χ0v) is 13.9. The second kappa shape index (κ2) is 7.99. The highest BCUT2D eigenvalue weighted by atomic mass is 16.4. The third-order valence-electron chi connectivity index (χ3n) is 4.43. The molecule has 2 rings (SSSR count). The maximum atomic E-state index is 12.5. The number of nitrogens with one attached hydrogen (secondary N) is 1. The number of carboxylic acid groups (broad SMARTS) is 1. The highest BCUT2D eigenvalue weighted by molar-refractivity contribution is 5.77. The van der Waals surface area contributed by atoms with Crippen LogP contribution in [0.15, 0.2) is 24.3 Å². The number of benzene rings is 1. The lowest BCUT2D eigenvalue weighted by Crippen LogP contribution is -2.48. The van der Waals surface area contributed by atoms with Gasteiger partial charge in [-0.3, -0.25) is 4.79 Å². The Morgan fingerprint density at radius 3 is 2.78 bits per heavy atom. The molecule has 2 atom stereocenters. The average Bonchev–Trinajstić information content (AvgIpc) is 2.54. The second-order valence-electron chi connectivity index (χ2n) is 6.28. The molecule has 2 unspecified atom stereocenters. The number of likely N-dealkylation sites (tertiary alicyclic amines) is 1. The van der Waals surface area contributed by atoms with Gasteiger partial charge in [0.1, 0.15) is 0 Å². The lowest BCUT2D eigenvalue weighted by Gasteiger charge is -2.38. The number of piperidine rings is 1. The first-order valence-electron chi connectivity index (χ1n) is 8.36. The number of carbonyl (C=O) groups is 2. The van der Waals surface area contributed by atoms with E-state index in [1.807, 2.05) is 25.1 Å². The average molecular weight is 318 g/mol. The maximum Gasteiger partial charge on any atom is 0.317 e. The smallest absolute Gasteiger partial charge is 0.317 e. The first-order valence-corrected chi connectivity index (χ1v) is 8.36. The van der Waals surface area contributed by atoms with E-state index in [0.717, 1.165) is 24.0 Å². The Morgan fingerprint density at radius 1 is 1.35 bits per heavy atom. The van der Waals surface area contributed by atoms with Crippen LogP contribution in [0.4, 0.5) is 4.79 Å². The quantitative estimate of drug-likeness (QED) is 0.818. The molecule has 0 aliphatic carbocycles. The number of carboxylic acids is 1. The van der Waals surface area contributed by atoms with Crippen molar-refractivity contribution in [2.75, 3.05) is 13.1 Å². The third-order valence-corrected chi connectivity index (χ3v) is 4.43. The molecule has 0 bridgehead atoms. The fourth-order valence-corrected chi connectivity index (χ4v) is 3.09. The van der Waals surface area contributed by atoms with E-state index in [-0.39, 0.29) is 18.6 Å². The van der Waals surface area contributed by atoms with Gasteiger partial charge in [0.25, 0.3) is 0 Å². The van der Waals surface area contributed by atoms with E-state index < -0.39 is 11.9 Å². The van der Waals surface area contributed by atoms with Crippen molar-refractivity contribution in [3.8, 4) is 0 Å². The number of hydrogen-bond acceptors (Lipinski definition) is 2. The van der Waals surface area contributed by atoms with E-state index >= 15 is 0 Å². The second-order valence-corrected chi connectivity index (χ2v) is 6.28. The van der Waals surface area contributed by atoms with Gasteiger partial charge < -0.3 is 15.3 Å². The SMILES string of the molecule is CCCCNC(=O)N1CC(C(=O)O)CCC1c1cccc(C)c1. The summed E-state index contributed by atoms with van der Waals surface area (Å²) in [6, 6.07) is 7.91. The Balaban J connectivity index is 2.17. The number of hydrogen-bond donors (Lipinski definition) is 2. The monoisotopic (exact) mass is 318 g/mol. The maximum absolute atomic E-state index is 12.5. The first-order chi connectivity index (χ1) is 11.0. The van der Waals surface area contributed by atoms with Gasteiger partial charge >= 0.3 is 12.0 Å². The molecule has 0 aromatic heterocycles. The number of unbranched alkanes of at least 4 members (excludes halogenated alkanes) is 1. The fourth-order valence-electron chi connectivity index (χ4n) is 3.09. The molecular formula is C18H26N2O3. The minimum atomic E-state index is -0.820. The molecule has 1 saturated heterocycles. The summed E-state index contributed by atoms with van der Waals surface area (Å²) in [6.45, 7) is 5.00. The summed E-state index contributed by atoms with van der Waals surface area (Å²) >= 11 is 0. The molecule has 0 saturated carbocycles. The van der Waals surface area contributed by atoms with Crippen LogP contribution in [0, 0.1) is 12.8 Å². The summed E-state index contributed by atoms with van der Waals surface area (Å²) in [5, 5.41) is 12.2. The highest BCUT2D eigenvalue weighted by Gasteiger charge is 2.35. The van der Waals surface area contributed by atoms with E-state index in [1.54, 1.807) is 4.90 Å². The predicted molar refractivity (Wildman–Crippen MR) is 89.3 cm³/mol. The van der Waals surface area contributed by atoms with Crippen molar-refractivity contribution in [2.45, 2.75) is 45.6 Å². The summed E-state index contributed by atoms with van der Waals surface area (Å²) in [7, 11) is 0. The van der Waals surface area contributed by atoms with Gasteiger partial charge in [-0.1, -0.05) is 43.2 Å². The molecule has 1 aliphatic heterocycles. The van der Waals surface area contributed by atoms with Crippen LogP contribution in [0.2, 0.25) is 0 Å². The zero-order chi connectivity index (χ0) is 16.8. The van der Waals surface area contributed by atoms with Crippen molar-refractivity contribution in [1.82, 2.24) is 10.2 Å². The van der Waals surface area contributed by atoms with Crippen molar-refractivity contribution in [3.05, 3.63) is 35.4 Å². The first kappa shape index (κ1) is 17.3. The molecule has 126 valence electrons. The molecule has 5 heteroatoms. The molecule has 1 fully saturated rings. The van der Waals surface area contributed by atoms with E-state index in [9.17, 15) is 14.7 Å². The molecule has 5 nitrogen and oxygen atoms in total. The van der Waals surface area contributed by atoms with Crippen LogP contribution in [0.5, 0.6) is 0 Å². The van der Waals surface area contributed by atoms with Crippen LogP contribution < -0.4 is 5.32 Å². The Labute approximate surface area is 137 Å². The Bertz CT molecular complexity index is 559. The molecule has 1 aliphatic rings.